The lowest BCUT2D eigenvalue weighted by atomic mass is 9.91. The summed E-state index contributed by atoms with van der Waals surface area (Å²) in [5.41, 5.74) is 6.59. The van der Waals surface area contributed by atoms with Gasteiger partial charge in [-0.1, -0.05) is 12.1 Å². The fourth-order valence-corrected chi connectivity index (χ4v) is 2.57. The van der Waals surface area contributed by atoms with Crippen LogP contribution in [0.4, 0.5) is 0 Å². The number of aromatic nitrogens is 1. The molecule has 0 bridgehead atoms. The van der Waals surface area contributed by atoms with Gasteiger partial charge < -0.3 is 10.3 Å². The molecule has 0 saturated carbocycles. The second-order valence-corrected chi connectivity index (χ2v) is 5.43. The fraction of sp³-hybridized carbons (Fsp3) is 0.467. The Morgan fingerprint density at radius 3 is 2.35 bits per heavy atom. The van der Waals surface area contributed by atoms with Crippen LogP contribution >= 0.6 is 0 Å². The van der Waals surface area contributed by atoms with Gasteiger partial charge in [0.05, 0.1) is 0 Å². The Labute approximate surface area is 103 Å². The lowest BCUT2D eigenvalue weighted by molar-refractivity contribution is 0.446. The number of hydrogen-bond acceptors (Lipinski definition) is 1. The van der Waals surface area contributed by atoms with E-state index in [0.29, 0.717) is 0 Å². The number of nitrogens with one attached hydrogen (secondary N) is 2. The molecule has 1 aromatic carbocycles. The van der Waals surface area contributed by atoms with E-state index in [1.807, 2.05) is 7.05 Å². The van der Waals surface area contributed by atoms with Crippen molar-refractivity contribution in [2.45, 2.75) is 40.2 Å². The Hall–Kier alpha value is -1.28. The van der Waals surface area contributed by atoms with E-state index in [-0.39, 0.29) is 5.54 Å². The number of benzene rings is 1. The van der Waals surface area contributed by atoms with Crippen LogP contribution in [0.5, 0.6) is 0 Å². The second kappa shape index (κ2) is 3.88. The molecule has 0 atom stereocenters. The minimum Gasteiger partial charge on any atom is -0.358 e. The smallest absolute Gasteiger partial charge is 0.0491 e. The third kappa shape index (κ3) is 1.77. The summed E-state index contributed by atoms with van der Waals surface area (Å²) >= 11 is 0. The van der Waals surface area contributed by atoms with Gasteiger partial charge in [-0.3, -0.25) is 0 Å². The first kappa shape index (κ1) is 12.2. The van der Waals surface area contributed by atoms with Crippen LogP contribution in [0.1, 0.15) is 36.2 Å². The molecule has 0 aliphatic carbocycles. The average molecular weight is 230 g/mol. The summed E-state index contributed by atoms with van der Waals surface area (Å²) in [4.78, 5) is 3.54. The van der Waals surface area contributed by atoms with E-state index in [1.54, 1.807) is 0 Å². The van der Waals surface area contributed by atoms with E-state index in [9.17, 15) is 0 Å². The number of aryl methyl sites for hydroxylation is 3. The zero-order valence-electron chi connectivity index (χ0n) is 11.7. The highest BCUT2D eigenvalue weighted by Gasteiger charge is 2.24. The van der Waals surface area contributed by atoms with E-state index in [4.69, 9.17) is 0 Å². The topological polar surface area (TPSA) is 27.8 Å². The molecule has 2 heteroatoms. The molecule has 0 saturated heterocycles. The standard InChI is InChI=1S/C15H22N2/c1-9-7-8-12-13(15(4,5)16-6)11(3)17-14(12)10(9)2/h7-8,16-17H,1-6H3. The maximum atomic E-state index is 3.54. The second-order valence-electron chi connectivity index (χ2n) is 5.43. The van der Waals surface area contributed by atoms with Gasteiger partial charge >= 0.3 is 0 Å². The summed E-state index contributed by atoms with van der Waals surface area (Å²) in [7, 11) is 2.01. The number of hydrogen-bond donors (Lipinski definition) is 2. The zero-order chi connectivity index (χ0) is 12.8. The quantitative estimate of drug-likeness (QED) is 0.811. The molecule has 0 aliphatic heterocycles. The summed E-state index contributed by atoms with van der Waals surface area (Å²) in [6.45, 7) is 10.9. The number of H-pyrrole nitrogens is 1. The maximum Gasteiger partial charge on any atom is 0.0491 e. The molecule has 0 amide bonds. The Bertz CT molecular complexity index is 562. The molecule has 92 valence electrons. The Balaban J connectivity index is 2.82. The van der Waals surface area contributed by atoms with Crippen molar-refractivity contribution in [2.75, 3.05) is 7.05 Å². The van der Waals surface area contributed by atoms with Gasteiger partial charge in [-0.25, -0.2) is 0 Å². The Morgan fingerprint density at radius 1 is 1.12 bits per heavy atom. The van der Waals surface area contributed by atoms with Gasteiger partial charge in [0.1, 0.15) is 0 Å². The molecule has 17 heavy (non-hydrogen) atoms. The number of fused-ring (bicyclic) bond motifs is 1. The van der Waals surface area contributed by atoms with Gasteiger partial charge in [-0.2, -0.15) is 0 Å². The molecular weight excluding hydrogens is 208 g/mol. The summed E-state index contributed by atoms with van der Waals surface area (Å²) in [5.74, 6) is 0. The molecule has 2 N–H and O–H groups in total. The summed E-state index contributed by atoms with van der Waals surface area (Å²) in [6, 6.07) is 4.44. The van der Waals surface area contributed by atoms with Crippen LogP contribution in [0.3, 0.4) is 0 Å². The van der Waals surface area contributed by atoms with E-state index in [2.05, 4.69) is 57.1 Å². The lowest BCUT2D eigenvalue weighted by Crippen LogP contribution is -2.33. The van der Waals surface area contributed by atoms with Crippen LogP contribution in [0.25, 0.3) is 10.9 Å². The summed E-state index contributed by atoms with van der Waals surface area (Å²) in [6.07, 6.45) is 0. The predicted molar refractivity (Wildman–Crippen MR) is 74.6 cm³/mol. The van der Waals surface area contributed by atoms with E-state index in [0.717, 1.165) is 0 Å². The molecule has 1 heterocycles. The van der Waals surface area contributed by atoms with Crippen LogP contribution < -0.4 is 5.32 Å². The molecule has 2 aromatic rings. The van der Waals surface area contributed by atoms with Crippen LogP contribution in [0, 0.1) is 20.8 Å². The molecule has 0 radical (unpaired) electrons. The minimum absolute atomic E-state index is 0.00989. The maximum absolute atomic E-state index is 3.54. The third-order valence-electron chi connectivity index (χ3n) is 3.94. The highest BCUT2D eigenvalue weighted by atomic mass is 14.9. The monoisotopic (exact) mass is 230 g/mol. The molecule has 0 fully saturated rings. The van der Waals surface area contributed by atoms with E-state index < -0.39 is 0 Å². The van der Waals surface area contributed by atoms with Crippen LogP contribution in [-0.4, -0.2) is 12.0 Å². The van der Waals surface area contributed by atoms with Gasteiger partial charge in [-0.05, 0) is 58.4 Å². The molecule has 0 unspecified atom stereocenters. The SMILES string of the molecule is CNC(C)(C)c1c(C)[nH]c2c(C)c(C)ccc12. The van der Waals surface area contributed by atoms with Gasteiger partial charge in [-0.15, -0.1) is 0 Å². The Kier molecular flexibility index (Phi) is 2.78. The molecule has 2 nitrogen and oxygen atoms in total. The van der Waals surface area contributed by atoms with Gasteiger partial charge in [0, 0.05) is 22.1 Å². The zero-order valence-corrected chi connectivity index (χ0v) is 11.7. The first-order chi connectivity index (χ1) is 7.88. The average Bonchev–Trinajstić information content (AvgIpc) is 2.62. The third-order valence-corrected chi connectivity index (χ3v) is 3.94. The van der Waals surface area contributed by atoms with Crippen molar-refractivity contribution in [1.82, 2.24) is 10.3 Å². The van der Waals surface area contributed by atoms with Crippen LogP contribution in [-0.2, 0) is 5.54 Å². The molecule has 1 aromatic heterocycles. The van der Waals surface area contributed by atoms with Gasteiger partial charge in [0.15, 0.2) is 0 Å². The summed E-state index contributed by atoms with van der Waals surface area (Å²) in [5, 5.41) is 4.73. The van der Waals surface area contributed by atoms with Crippen LogP contribution in [0.15, 0.2) is 12.1 Å². The highest BCUT2D eigenvalue weighted by Crippen LogP contribution is 2.33. The van der Waals surface area contributed by atoms with Crippen LogP contribution in [0.2, 0.25) is 0 Å². The van der Waals surface area contributed by atoms with Crippen molar-refractivity contribution >= 4 is 10.9 Å². The summed E-state index contributed by atoms with van der Waals surface area (Å²) < 4.78 is 0. The largest absolute Gasteiger partial charge is 0.358 e. The first-order valence-electron chi connectivity index (χ1n) is 6.16. The Morgan fingerprint density at radius 2 is 1.76 bits per heavy atom. The molecular formula is C15H22N2. The predicted octanol–water partition coefficient (Wildman–Crippen LogP) is 3.55. The number of aromatic amines is 1. The lowest BCUT2D eigenvalue weighted by Gasteiger charge is -2.25. The van der Waals surface area contributed by atoms with Crippen molar-refractivity contribution in [3.63, 3.8) is 0 Å². The normalized spacial score (nSPS) is 12.4. The van der Waals surface area contributed by atoms with Crippen molar-refractivity contribution < 1.29 is 0 Å². The first-order valence-corrected chi connectivity index (χ1v) is 6.16. The molecule has 2 rings (SSSR count). The van der Waals surface area contributed by atoms with Crippen molar-refractivity contribution in [1.29, 1.82) is 0 Å². The van der Waals surface area contributed by atoms with Gasteiger partial charge in [0.25, 0.3) is 0 Å². The van der Waals surface area contributed by atoms with Crippen molar-refractivity contribution in [2.24, 2.45) is 0 Å². The fourth-order valence-electron chi connectivity index (χ4n) is 2.57. The highest BCUT2D eigenvalue weighted by molar-refractivity contribution is 5.89. The van der Waals surface area contributed by atoms with Gasteiger partial charge in [0.2, 0.25) is 0 Å². The van der Waals surface area contributed by atoms with E-state index in [1.165, 1.54) is 33.3 Å². The molecule has 0 spiro atoms. The van der Waals surface area contributed by atoms with Crippen molar-refractivity contribution in [3.8, 4) is 0 Å². The van der Waals surface area contributed by atoms with Crippen molar-refractivity contribution in [3.05, 3.63) is 34.5 Å². The minimum atomic E-state index is -0.00989. The van der Waals surface area contributed by atoms with E-state index >= 15 is 0 Å². The number of rotatable bonds is 2. The molecule has 0 aliphatic rings.